The van der Waals surface area contributed by atoms with E-state index in [1.54, 1.807) is 23.5 Å². The number of carbonyl (C=O) groups is 2. The van der Waals surface area contributed by atoms with E-state index in [1.807, 2.05) is 12.1 Å². The number of hydrogen-bond acceptors (Lipinski definition) is 6. The van der Waals surface area contributed by atoms with Gasteiger partial charge in [0.25, 0.3) is 0 Å². The minimum atomic E-state index is -0.315. The zero-order valence-corrected chi connectivity index (χ0v) is 16.2. The number of hydrogen-bond donors (Lipinski definition) is 1. The molecule has 6 nitrogen and oxygen atoms in total. The van der Waals surface area contributed by atoms with Crippen LogP contribution in [0.2, 0.25) is 0 Å². The van der Waals surface area contributed by atoms with Crippen LogP contribution in [0.25, 0.3) is 0 Å². The van der Waals surface area contributed by atoms with E-state index in [1.165, 1.54) is 12.0 Å². The van der Waals surface area contributed by atoms with Crippen LogP contribution in [-0.4, -0.2) is 35.4 Å². The summed E-state index contributed by atoms with van der Waals surface area (Å²) in [5.74, 6) is -0.0180. The Bertz CT molecular complexity index is 843. The van der Waals surface area contributed by atoms with Crippen molar-refractivity contribution in [1.82, 2.24) is 9.88 Å². The summed E-state index contributed by atoms with van der Waals surface area (Å²) in [7, 11) is 1.39. The van der Waals surface area contributed by atoms with Gasteiger partial charge in [-0.3, -0.25) is 9.69 Å². The summed E-state index contributed by atoms with van der Waals surface area (Å²) < 4.78 is 4.74. The van der Waals surface area contributed by atoms with Gasteiger partial charge >= 0.3 is 5.97 Å². The number of anilines is 1. The van der Waals surface area contributed by atoms with Gasteiger partial charge in [0.15, 0.2) is 5.13 Å². The van der Waals surface area contributed by atoms with Gasteiger partial charge in [-0.2, -0.15) is 0 Å². The highest BCUT2D eigenvalue weighted by Gasteiger charge is 2.27. The minimum Gasteiger partial charge on any atom is -0.465 e. The number of ether oxygens (including phenoxy) is 1. The molecule has 1 aromatic heterocycles. The lowest BCUT2D eigenvalue weighted by molar-refractivity contribution is -0.122. The molecule has 1 aliphatic carbocycles. The zero-order chi connectivity index (χ0) is 18.8. The molecule has 1 N–H and O–H groups in total. The maximum Gasteiger partial charge on any atom is 0.337 e. The van der Waals surface area contributed by atoms with Crippen molar-refractivity contribution >= 4 is 28.3 Å². The van der Waals surface area contributed by atoms with Crippen molar-refractivity contribution in [3.05, 3.63) is 46.0 Å². The van der Waals surface area contributed by atoms with E-state index in [-0.39, 0.29) is 17.8 Å². The number of aromatic nitrogens is 1. The Morgan fingerprint density at radius 3 is 2.74 bits per heavy atom. The summed E-state index contributed by atoms with van der Waals surface area (Å²) in [4.78, 5) is 31.9. The molecule has 2 aliphatic rings. The first-order valence-corrected chi connectivity index (χ1v) is 10.1. The molecule has 1 fully saturated rings. The smallest absolute Gasteiger partial charge is 0.337 e. The summed E-state index contributed by atoms with van der Waals surface area (Å²) >= 11 is 1.59. The average molecular weight is 385 g/mol. The van der Waals surface area contributed by atoms with E-state index in [9.17, 15) is 9.59 Å². The molecule has 27 heavy (non-hydrogen) atoms. The lowest BCUT2D eigenvalue weighted by Crippen LogP contribution is -2.29. The van der Waals surface area contributed by atoms with E-state index in [0.29, 0.717) is 5.56 Å². The maximum atomic E-state index is 12.1. The van der Waals surface area contributed by atoms with E-state index in [4.69, 9.17) is 4.74 Å². The van der Waals surface area contributed by atoms with Gasteiger partial charge in [-0.1, -0.05) is 18.6 Å². The van der Waals surface area contributed by atoms with Gasteiger partial charge in [0.1, 0.15) is 0 Å². The van der Waals surface area contributed by atoms with Gasteiger partial charge in [0.05, 0.1) is 18.4 Å². The van der Waals surface area contributed by atoms with E-state index < -0.39 is 0 Å². The number of nitrogens with one attached hydrogen (secondary N) is 1. The lowest BCUT2D eigenvalue weighted by Gasteiger charge is -2.25. The highest BCUT2D eigenvalue weighted by Crippen LogP contribution is 2.31. The number of carbonyl (C=O) groups excluding carboxylic acids is 2. The number of methoxy groups -OCH3 is 1. The van der Waals surface area contributed by atoms with Crippen molar-refractivity contribution in [2.45, 2.75) is 38.8 Å². The Morgan fingerprint density at radius 1 is 1.30 bits per heavy atom. The number of benzene rings is 1. The molecule has 0 radical (unpaired) electrons. The molecule has 1 saturated carbocycles. The molecule has 0 unspecified atom stereocenters. The fourth-order valence-electron chi connectivity index (χ4n) is 3.44. The van der Waals surface area contributed by atoms with Crippen LogP contribution >= 0.6 is 11.3 Å². The molecular formula is C20H23N3O3S. The zero-order valence-electron chi connectivity index (χ0n) is 15.4. The molecular weight excluding hydrogens is 362 g/mol. The second-order valence-corrected chi connectivity index (χ2v) is 8.24. The summed E-state index contributed by atoms with van der Waals surface area (Å²) in [6, 6.07) is 7.55. The highest BCUT2D eigenvalue weighted by atomic mass is 32.1. The molecule has 1 aliphatic heterocycles. The third kappa shape index (κ3) is 4.04. The average Bonchev–Trinajstić information content (AvgIpc) is 3.01. The number of nitrogens with zero attached hydrogens (tertiary/aromatic N) is 2. The van der Waals surface area contributed by atoms with Gasteiger partial charge < -0.3 is 10.1 Å². The van der Waals surface area contributed by atoms with Gasteiger partial charge in [-0.15, -0.1) is 11.3 Å². The molecule has 0 bridgehead atoms. The number of esters is 1. The molecule has 1 amide bonds. The molecule has 0 saturated heterocycles. The minimum absolute atomic E-state index is 0.120. The van der Waals surface area contributed by atoms with Crippen LogP contribution in [0.15, 0.2) is 24.3 Å². The molecule has 2 aromatic rings. The van der Waals surface area contributed by atoms with Crippen LogP contribution in [0.1, 0.15) is 45.8 Å². The van der Waals surface area contributed by atoms with Gasteiger partial charge in [-0.05, 0) is 30.5 Å². The summed E-state index contributed by atoms with van der Waals surface area (Å²) in [6.45, 7) is 2.60. The van der Waals surface area contributed by atoms with Gasteiger partial charge in [0, 0.05) is 36.9 Å². The van der Waals surface area contributed by atoms with Crippen LogP contribution in [0.5, 0.6) is 0 Å². The molecule has 7 heteroatoms. The van der Waals surface area contributed by atoms with Crippen LogP contribution in [0, 0.1) is 5.92 Å². The molecule has 142 valence electrons. The SMILES string of the molecule is COC(=O)c1ccc(CN2CCc3nc(NC(=O)C4CCC4)sc3C2)cc1. The van der Waals surface area contributed by atoms with Crippen molar-refractivity contribution in [3.63, 3.8) is 0 Å². The topological polar surface area (TPSA) is 71.5 Å². The van der Waals surface area contributed by atoms with Crippen molar-refractivity contribution in [2.75, 3.05) is 19.0 Å². The highest BCUT2D eigenvalue weighted by molar-refractivity contribution is 7.15. The summed E-state index contributed by atoms with van der Waals surface area (Å²) in [5, 5.41) is 3.73. The van der Waals surface area contributed by atoms with E-state index in [0.717, 1.165) is 61.7 Å². The standard InChI is InChI=1S/C20H23N3O3S/c1-26-19(25)15-7-5-13(6-8-15)11-23-10-9-16-17(12-23)27-20(21-16)22-18(24)14-3-2-4-14/h5-8,14H,2-4,9-12H2,1H3,(H,21,22,24). The van der Waals surface area contributed by atoms with Crippen LogP contribution in [-0.2, 0) is 29.0 Å². The lowest BCUT2D eigenvalue weighted by atomic mass is 9.85. The summed E-state index contributed by atoms with van der Waals surface area (Å²) in [5.41, 5.74) is 2.84. The van der Waals surface area contributed by atoms with Gasteiger partial charge in [-0.25, -0.2) is 9.78 Å². The van der Waals surface area contributed by atoms with E-state index >= 15 is 0 Å². The fraction of sp³-hybridized carbons (Fsp3) is 0.450. The van der Waals surface area contributed by atoms with Crippen molar-refractivity contribution < 1.29 is 14.3 Å². The van der Waals surface area contributed by atoms with Crippen LogP contribution < -0.4 is 5.32 Å². The monoisotopic (exact) mass is 385 g/mol. The van der Waals surface area contributed by atoms with E-state index in [2.05, 4.69) is 15.2 Å². The van der Waals surface area contributed by atoms with Gasteiger partial charge in [0.2, 0.25) is 5.91 Å². The molecule has 0 spiro atoms. The van der Waals surface area contributed by atoms with Crippen molar-refractivity contribution in [2.24, 2.45) is 5.92 Å². The molecule has 4 rings (SSSR count). The molecule has 0 atom stereocenters. The van der Waals surface area contributed by atoms with Crippen molar-refractivity contribution in [3.8, 4) is 0 Å². The quantitative estimate of drug-likeness (QED) is 0.800. The van der Waals surface area contributed by atoms with Crippen LogP contribution in [0.4, 0.5) is 5.13 Å². The van der Waals surface area contributed by atoms with Crippen LogP contribution in [0.3, 0.4) is 0 Å². The number of fused-ring (bicyclic) bond motifs is 1. The summed E-state index contributed by atoms with van der Waals surface area (Å²) in [6.07, 6.45) is 4.05. The first-order chi connectivity index (χ1) is 13.1. The largest absolute Gasteiger partial charge is 0.465 e. The molecule has 1 aromatic carbocycles. The fourth-order valence-corrected chi connectivity index (χ4v) is 4.49. The predicted molar refractivity (Wildman–Crippen MR) is 104 cm³/mol. The number of thiazole rings is 1. The molecule has 2 heterocycles. The third-order valence-electron chi connectivity index (χ3n) is 5.30. The Morgan fingerprint density at radius 2 is 2.07 bits per heavy atom. The first kappa shape index (κ1) is 18.1. The maximum absolute atomic E-state index is 12.1. The Balaban J connectivity index is 1.36. The second kappa shape index (κ2) is 7.78. The Kier molecular flexibility index (Phi) is 5.22. The Labute approximate surface area is 162 Å². The Hall–Kier alpha value is -2.25. The number of rotatable bonds is 5. The van der Waals surface area contributed by atoms with Crippen molar-refractivity contribution in [1.29, 1.82) is 0 Å². The predicted octanol–water partition coefficient (Wildman–Crippen LogP) is 3.23. The third-order valence-corrected chi connectivity index (χ3v) is 6.30. The number of amides is 1. The normalized spacial score (nSPS) is 17.1. The first-order valence-electron chi connectivity index (χ1n) is 9.31. The second-order valence-electron chi connectivity index (χ2n) is 7.16.